The lowest BCUT2D eigenvalue weighted by atomic mass is 9.55. The molecule has 2 fully saturated rings. The lowest BCUT2D eigenvalue weighted by Gasteiger charge is -2.60. The Balaban J connectivity index is 1.50. The molecule has 2 aromatic rings. The molecule has 6 atom stereocenters. The quantitative estimate of drug-likeness (QED) is 0.0737. The highest BCUT2D eigenvalue weighted by Gasteiger charge is 2.65. The number of fused-ring (bicyclic) bond motifs is 2. The lowest BCUT2D eigenvalue weighted by Crippen LogP contribution is -2.70. The number of hydrogen-bond donors (Lipinski definition) is 2. The van der Waals surface area contributed by atoms with Gasteiger partial charge in [-0.05, 0) is 99.1 Å². The molecule has 4 aliphatic rings. The number of benzene rings is 1. The molecule has 2 heterocycles. The molecule has 1 amide bonds. The first kappa shape index (κ1) is 41.9. The molecule has 1 aliphatic heterocycles. The van der Waals surface area contributed by atoms with E-state index >= 15 is 0 Å². The molecule has 0 unspecified atom stereocenters. The van der Waals surface area contributed by atoms with Gasteiger partial charge in [-0.1, -0.05) is 68.8 Å². The molecule has 0 bridgehead atoms. The van der Waals surface area contributed by atoms with Gasteiger partial charge in [-0.25, -0.2) is 0 Å². The zero-order valence-corrected chi connectivity index (χ0v) is 34.0. The summed E-state index contributed by atoms with van der Waals surface area (Å²) in [5.74, 6) is 0.844. The fourth-order valence-electron chi connectivity index (χ4n) is 10.2. The van der Waals surface area contributed by atoms with Crippen molar-refractivity contribution in [1.82, 2.24) is 9.88 Å². The topological polar surface area (TPSA) is 123 Å². The molecule has 2 N–H and O–H groups in total. The summed E-state index contributed by atoms with van der Waals surface area (Å²) in [6.45, 7) is 9.58. The Kier molecular flexibility index (Phi) is 15.0. The van der Waals surface area contributed by atoms with E-state index in [0.717, 1.165) is 84.7 Å². The molecular weight excluding hydrogens is 707 g/mol. The normalized spacial score (nSPS) is 26.2. The lowest BCUT2D eigenvalue weighted by molar-refractivity contribution is -0.257. The smallest absolute Gasteiger partial charge is 0.239 e. The molecule has 1 aromatic heterocycles. The number of amides is 1. The molecule has 1 aromatic carbocycles. The molecule has 56 heavy (non-hydrogen) atoms. The van der Waals surface area contributed by atoms with Crippen molar-refractivity contribution in [1.29, 1.82) is 0 Å². The van der Waals surface area contributed by atoms with E-state index < -0.39 is 11.8 Å². The van der Waals surface area contributed by atoms with Crippen molar-refractivity contribution in [2.24, 2.45) is 28.8 Å². The van der Waals surface area contributed by atoms with Gasteiger partial charge in [0.15, 0.2) is 0 Å². The van der Waals surface area contributed by atoms with Crippen molar-refractivity contribution in [2.45, 2.75) is 128 Å². The average Bonchev–Trinajstić information content (AvgIpc) is 3.73. The van der Waals surface area contributed by atoms with Crippen LogP contribution < -0.4 is 9.47 Å². The van der Waals surface area contributed by atoms with E-state index in [1.54, 1.807) is 13.2 Å². The highest BCUT2D eigenvalue weighted by atomic mass is 16.7. The Morgan fingerprint density at radius 3 is 2.59 bits per heavy atom. The number of allylic oxidation sites excluding steroid dienone is 1. The van der Waals surface area contributed by atoms with E-state index in [1.165, 1.54) is 25.7 Å². The number of rotatable bonds is 21. The second-order valence-electron chi connectivity index (χ2n) is 16.3. The summed E-state index contributed by atoms with van der Waals surface area (Å²) < 4.78 is 20.9. The molecular formula is C46H65N3O7. The Morgan fingerprint density at radius 2 is 1.88 bits per heavy atom. The van der Waals surface area contributed by atoms with Gasteiger partial charge in [0.2, 0.25) is 11.7 Å². The van der Waals surface area contributed by atoms with E-state index in [9.17, 15) is 15.0 Å². The van der Waals surface area contributed by atoms with Crippen LogP contribution in [0, 0.1) is 30.6 Å². The first-order valence-electron chi connectivity index (χ1n) is 21.3. The molecule has 10 nitrogen and oxygen atoms in total. The third-order valence-corrected chi connectivity index (χ3v) is 12.6. The summed E-state index contributed by atoms with van der Waals surface area (Å²) in [5, 5.41) is 24.4. The number of ether oxygens (including phenoxy) is 3. The standard InChI is InChI=1S/C46H65N3O7/c1-5-24-49(43(52)23-20-33-15-7-8-16-33)42-30-40(48-53-4)38-28-34(17-9-11-25-50)37(19-10-12-26-51)44-39-29-36(54-31-35-18-13-14-32(3)47-35)21-22-41(39)56-46(42,45(38)44)55-27-6-2/h6,13-14,18,21-22,28-29,33-34,37,42,44-45,50-51H,2,5,7-12,15-17,19-20,23-27,30-31H2,1,3-4H3/t34-,37+,42-,44+,45+,46+/m0/s1. The summed E-state index contributed by atoms with van der Waals surface area (Å²) in [5.41, 5.74) is 4.70. The van der Waals surface area contributed by atoms with Crippen LogP contribution >= 0.6 is 0 Å². The molecule has 0 saturated heterocycles. The summed E-state index contributed by atoms with van der Waals surface area (Å²) >= 11 is 0. The van der Waals surface area contributed by atoms with Gasteiger partial charge in [-0.3, -0.25) is 9.78 Å². The van der Waals surface area contributed by atoms with Crippen molar-refractivity contribution in [3.63, 3.8) is 0 Å². The number of oxime groups is 1. The molecule has 306 valence electrons. The number of carbonyl (C=O) groups is 1. The van der Waals surface area contributed by atoms with Crippen LogP contribution in [0.2, 0.25) is 0 Å². The molecule has 10 heteroatoms. The van der Waals surface area contributed by atoms with E-state index in [1.807, 2.05) is 42.2 Å². The second kappa shape index (κ2) is 20.1. The van der Waals surface area contributed by atoms with Gasteiger partial charge in [0.25, 0.3) is 0 Å². The first-order chi connectivity index (χ1) is 27.4. The van der Waals surface area contributed by atoms with E-state index in [0.29, 0.717) is 38.3 Å². The number of hydrogen-bond acceptors (Lipinski definition) is 9. The Bertz CT molecular complexity index is 1670. The minimum absolute atomic E-state index is 0.0936. The zero-order chi connectivity index (χ0) is 39.5. The number of aryl methyl sites for hydroxylation is 1. The molecule has 3 aliphatic carbocycles. The van der Waals surface area contributed by atoms with Crippen LogP contribution in [0.3, 0.4) is 0 Å². The van der Waals surface area contributed by atoms with Crippen LogP contribution in [-0.2, 0) is 21.0 Å². The molecule has 0 spiro atoms. The van der Waals surface area contributed by atoms with Gasteiger partial charge in [0.05, 0.1) is 23.9 Å². The minimum Gasteiger partial charge on any atom is -0.487 e. The number of aliphatic hydroxyl groups is 2. The number of carbonyl (C=O) groups excluding carboxylic acids is 1. The second-order valence-corrected chi connectivity index (χ2v) is 16.3. The monoisotopic (exact) mass is 771 g/mol. The molecule has 2 saturated carbocycles. The summed E-state index contributed by atoms with van der Waals surface area (Å²) in [6.07, 6.45) is 16.6. The predicted molar refractivity (Wildman–Crippen MR) is 218 cm³/mol. The van der Waals surface area contributed by atoms with Gasteiger partial charge in [0.1, 0.15) is 31.3 Å². The molecule has 6 rings (SSSR count). The third kappa shape index (κ3) is 9.35. The number of aromatic nitrogens is 1. The van der Waals surface area contributed by atoms with Crippen molar-refractivity contribution in [3.8, 4) is 11.5 Å². The Hall–Kier alpha value is -3.73. The maximum absolute atomic E-state index is 14.6. The first-order valence-corrected chi connectivity index (χ1v) is 21.3. The SMILES string of the molecule is C=CCO[C@@]12Oc3ccc(OCc4cccc(C)n4)cc3[C@H]3[C@H](CCCCO)[C@@H](CCCCO)C=C(C(=NOC)C[C@@H]1N(CCC)C(=O)CCC1CCCC1)[C@H]32. The van der Waals surface area contributed by atoms with Crippen LogP contribution in [0.15, 0.2) is 65.9 Å². The van der Waals surface area contributed by atoms with Crippen LogP contribution in [0.1, 0.15) is 120 Å². The summed E-state index contributed by atoms with van der Waals surface area (Å²) in [7, 11) is 1.59. The van der Waals surface area contributed by atoms with Crippen LogP contribution in [0.25, 0.3) is 0 Å². The number of nitrogens with zero attached hydrogens (tertiary/aromatic N) is 3. The van der Waals surface area contributed by atoms with E-state index in [2.05, 4.69) is 30.6 Å². The maximum atomic E-state index is 14.6. The Morgan fingerprint density at radius 1 is 1.09 bits per heavy atom. The minimum atomic E-state index is -1.23. The summed E-state index contributed by atoms with van der Waals surface area (Å²) in [6, 6.07) is 11.6. The van der Waals surface area contributed by atoms with Crippen molar-refractivity contribution < 1.29 is 34.1 Å². The van der Waals surface area contributed by atoms with Gasteiger partial charge >= 0.3 is 0 Å². The zero-order valence-electron chi connectivity index (χ0n) is 34.0. The number of pyridine rings is 1. The number of aliphatic hydroxyl groups excluding tert-OH is 2. The van der Waals surface area contributed by atoms with Crippen LogP contribution in [0.5, 0.6) is 11.5 Å². The predicted octanol–water partition coefficient (Wildman–Crippen LogP) is 8.44. The van der Waals surface area contributed by atoms with Gasteiger partial charge in [0, 0.05) is 49.8 Å². The van der Waals surface area contributed by atoms with E-state index in [-0.39, 0.29) is 49.4 Å². The largest absolute Gasteiger partial charge is 0.487 e. The van der Waals surface area contributed by atoms with Crippen molar-refractivity contribution in [3.05, 3.63) is 77.7 Å². The fourth-order valence-corrected chi connectivity index (χ4v) is 10.2. The fraction of sp³-hybridized carbons (Fsp3) is 0.630. The van der Waals surface area contributed by atoms with Crippen LogP contribution in [0.4, 0.5) is 0 Å². The van der Waals surface area contributed by atoms with Crippen LogP contribution in [-0.4, -0.2) is 77.0 Å². The van der Waals surface area contributed by atoms with Gasteiger partial charge in [-0.15, -0.1) is 6.58 Å². The van der Waals surface area contributed by atoms with Crippen molar-refractivity contribution in [2.75, 3.05) is 33.5 Å². The molecule has 0 radical (unpaired) electrons. The van der Waals surface area contributed by atoms with Gasteiger partial charge in [-0.2, -0.15) is 0 Å². The summed E-state index contributed by atoms with van der Waals surface area (Å²) in [4.78, 5) is 26.9. The highest BCUT2D eigenvalue weighted by molar-refractivity contribution is 6.03. The van der Waals surface area contributed by atoms with Gasteiger partial charge < -0.3 is 34.2 Å². The maximum Gasteiger partial charge on any atom is 0.239 e. The van der Waals surface area contributed by atoms with Crippen molar-refractivity contribution >= 4 is 11.6 Å². The Labute approximate surface area is 334 Å². The average molecular weight is 772 g/mol. The third-order valence-electron chi connectivity index (χ3n) is 12.6. The highest BCUT2D eigenvalue weighted by Crippen LogP contribution is 2.62. The number of unbranched alkanes of at least 4 members (excludes halogenated alkanes) is 2. The van der Waals surface area contributed by atoms with E-state index in [4.69, 9.17) is 24.2 Å².